The van der Waals surface area contributed by atoms with Gasteiger partial charge in [-0.2, -0.15) is 0 Å². The minimum absolute atomic E-state index is 1.04. The van der Waals surface area contributed by atoms with Gasteiger partial charge in [0.1, 0.15) is 5.00 Å². The summed E-state index contributed by atoms with van der Waals surface area (Å²) in [4.78, 5) is 6.77. The van der Waals surface area contributed by atoms with E-state index >= 15 is 0 Å². The van der Waals surface area contributed by atoms with Crippen molar-refractivity contribution in [2.24, 2.45) is 0 Å². The first-order chi connectivity index (χ1) is 5.81. The minimum atomic E-state index is 1.04. The lowest BCUT2D eigenvalue weighted by molar-refractivity contribution is 0.737. The van der Waals surface area contributed by atoms with Crippen molar-refractivity contribution in [3.8, 4) is 0 Å². The molecule has 66 valence electrons. The molecule has 0 radical (unpaired) electrons. The van der Waals surface area contributed by atoms with Gasteiger partial charge in [0, 0.05) is 20.6 Å². The molecule has 1 aromatic rings. The van der Waals surface area contributed by atoms with Crippen LogP contribution in [0.3, 0.4) is 0 Å². The average molecular weight is 183 g/mol. The standard InChI is InChI=1S/C8H13N3S/c1-9-8-10-6-4-3-5-11(2)7(6)12-8/h3-5H2,1-2H3,(H,9,10). The Bertz CT molecular complexity index is 282. The summed E-state index contributed by atoms with van der Waals surface area (Å²) in [6.45, 7) is 1.17. The van der Waals surface area contributed by atoms with Gasteiger partial charge in [0.05, 0.1) is 5.69 Å². The normalized spacial score (nSPS) is 16.0. The summed E-state index contributed by atoms with van der Waals surface area (Å²) >= 11 is 1.75. The van der Waals surface area contributed by atoms with E-state index in [0.717, 1.165) is 11.6 Å². The molecule has 0 aromatic carbocycles. The molecular weight excluding hydrogens is 170 g/mol. The van der Waals surface area contributed by atoms with Crippen LogP contribution in [0, 0.1) is 0 Å². The predicted molar refractivity (Wildman–Crippen MR) is 53.3 cm³/mol. The fourth-order valence-electron chi connectivity index (χ4n) is 1.50. The third-order valence-electron chi connectivity index (χ3n) is 2.14. The SMILES string of the molecule is CNc1nc2c(s1)N(C)CCC2. The second-order valence-corrected chi connectivity index (χ2v) is 4.02. The Morgan fingerprint density at radius 1 is 1.58 bits per heavy atom. The van der Waals surface area contributed by atoms with Crippen LogP contribution in [0.5, 0.6) is 0 Å². The van der Waals surface area contributed by atoms with Crippen LogP contribution >= 0.6 is 11.3 Å². The lowest BCUT2D eigenvalue weighted by Gasteiger charge is -2.22. The molecule has 1 aliphatic rings. The van der Waals surface area contributed by atoms with Gasteiger partial charge in [-0.25, -0.2) is 4.98 Å². The molecule has 3 nitrogen and oxygen atoms in total. The van der Waals surface area contributed by atoms with E-state index in [1.807, 2.05) is 7.05 Å². The molecule has 0 saturated heterocycles. The van der Waals surface area contributed by atoms with Gasteiger partial charge >= 0.3 is 0 Å². The monoisotopic (exact) mass is 183 g/mol. The Hall–Kier alpha value is -0.770. The third-order valence-corrected chi connectivity index (χ3v) is 3.37. The van der Waals surface area contributed by atoms with Crippen LogP contribution < -0.4 is 10.2 Å². The molecule has 1 aliphatic heterocycles. The van der Waals surface area contributed by atoms with Crippen molar-refractivity contribution in [2.45, 2.75) is 12.8 Å². The maximum absolute atomic E-state index is 4.49. The molecule has 2 heterocycles. The maximum Gasteiger partial charge on any atom is 0.184 e. The van der Waals surface area contributed by atoms with Crippen molar-refractivity contribution in [3.63, 3.8) is 0 Å². The summed E-state index contributed by atoms with van der Waals surface area (Å²) in [6.07, 6.45) is 2.37. The van der Waals surface area contributed by atoms with Crippen LogP contribution in [-0.2, 0) is 6.42 Å². The van der Waals surface area contributed by atoms with E-state index in [1.165, 1.54) is 23.7 Å². The summed E-state index contributed by atoms with van der Waals surface area (Å²) in [7, 11) is 4.06. The number of fused-ring (bicyclic) bond motifs is 1. The van der Waals surface area contributed by atoms with Gasteiger partial charge in [0.15, 0.2) is 5.13 Å². The Balaban J connectivity index is 2.37. The van der Waals surface area contributed by atoms with Crippen LogP contribution in [-0.4, -0.2) is 25.6 Å². The average Bonchev–Trinajstić information content (AvgIpc) is 2.49. The zero-order valence-electron chi connectivity index (χ0n) is 7.42. The highest BCUT2D eigenvalue weighted by molar-refractivity contribution is 7.19. The van der Waals surface area contributed by atoms with Gasteiger partial charge in [0.25, 0.3) is 0 Å². The number of rotatable bonds is 1. The first-order valence-corrected chi connectivity index (χ1v) is 5.01. The van der Waals surface area contributed by atoms with Crippen LogP contribution in [0.15, 0.2) is 0 Å². The van der Waals surface area contributed by atoms with E-state index in [1.54, 1.807) is 11.3 Å². The largest absolute Gasteiger partial charge is 0.365 e. The third kappa shape index (κ3) is 1.16. The van der Waals surface area contributed by atoms with E-state index in [2.05, 4.69) is 22.2 Å². The van der Waals surface area contributed by atoms with Gasteiger partial charge in [-0.1, -0.05) is 11.3 Å². The highest BCUT2D eigenvalue weighted by Crippen LogP contribution is 2.34. The highest BCUT2D eigenvalue weighted by Gasteiger charge is 2.18. The maximum atomic E-state index is 4.49. The molecule has 0 atom stereocenters. The van der Waals surface area contributed by atoms with Gasteiger partial charge in [-0.3, -0.25) is 0 Å². The number of anilines is 2. The van der Waals surface area contributed by atoms with Gasteiger partial charge in [-0.05, 0) is 12.8 Å². The predicted octanol–water partition coefficient (Wildman–Crippen LogP) is 1.57. The van der Waals surface area contributed by atoms with Crippen molar-refractivity contribution >= 4 is 21.5 Å². The molecule has 0 spiro atoms. The molecular formula is C8H13N3S. The Morgan fingerprint density at radius 3 is 3.08 bits per heavy atom. The number of nitrogens with zero attached hydrogens (tertiary/aromatic N) is 2. The lowest BCUT2D eigenvalue weighted by Crippen LogP contribution is -2.23. The van der Waals surface area contributed by atoms with E-state index in [9.17, 15) is 0 Å². The zero-order valence-corrected chi connectivity index (χ0v) is 8.24. The van der Waals surface area contributed by atoms with Gasteiger partial charge < -0.3 is 10.2 Å². The Labute approximate surface area is 76.4 Å². The minimum Gasteiger partial charge on any atom is -0.365 e. The van der Waals surface area contributed by atoms with E-state index in [0.29, 0.717) is 0 Å². The van der Waals surface area contributed by atoms with Crippen LogP contribution in [0.2, 0.25) is 0 Å². The summed E-state index contributed by atoms with van der Waals surface area (Å²) in [5.41, 5.74) is 1.26. The Morgan fingerprint density at radius 2 is 2.42 bits per heavy atom. The van der Waals surface area contributed by atoms with E-state index in [-0.39, 0.29) is 0 Å². The fraction of sp³-hybridized carbons (Fsp3) is 0.625. The molecule has 0 amide bonds. The molecule has 1 aromatic heterocycles. The molecule has 12 heavy (non-hydrogen) atoms. The summed E-state index contributed by atoms with van der Waals surface area (Å²) in [6, 6.07) is 0. The van der Waals surface area contributed by atoms with Crippen molar-refractivity contribution in [3.05, 3.63) is 5.69 Å². The van der Waals surface area contributed by atoms with Crippen molar-refractivity contribution in [1.29, 1.82) is 0 Å². The zero-order chi connectivity index (χ0) is 8.55. The molecule has 4 heteroatoms. The molecule has 0 unspecified atom stereocenters. The van der Waals surface area contributed by atoms with Crippen molar-refractivity contribution in [1.82, 2.24) is 4.98 Å². The van der Waals surface area contributed by atoms with Crippen LogP contribution in [0.4, 0.5) is 10.1 Å². The topological polar surface area (TPSA) is 28.2 Å². The summed E-state index contributed by atoms with van der Waals surface area (Å²) in [5, 5.41) is 5.46. The number of thiazole rings is 1. The molecule has 0 fully saturated rings. The van der Waals surface area contributed by atoms with Crippen LogP contribution in [0.25, 0.3) is 0 Å². The smallest absolute Gasteiger partial charge is 0.184 e. The number of nitrogens with one attached hydrogen (secondary N) is 1. The Kier molecular flexibility index (Phi) is 1.92. The molecule has 0 aliphatic carbocycles. The lowest BCUT2D eigenvalue weighted by atomic mass is 10.2. The number of hydrogen-bond donors (Lipinski definition) is 1. The number of aryl methyl sites for hydroxylation is 1. The molecule has 1 N–H and O–H groups in total. The molecule has 2 rings (SSSR count). The van der Waals surface area contributed by atoms with E-state index < -0.39 is 0 Å². The van der Waals surface area contributed by atoms with Crippen LogP contribution in [0.1, 0.15) is 12.1 Å². The number of hydrogen-bond acceptors (Lipinski definition) is 4. The summed E-state index contributed by atoms with van der Waals surface area (Å²) < 4.78 is 0. The van der Waals surface area contributed by atoms with E-state index in [4.69, 9.17) is 0 Å². The first-order valence-electron chi connectivity index (χ1n) is 4.20. The van der Waals surface area contributed by atoms with Crippen molar-refractivity contribution < 1.29 is 0 Å². The first kappa shape index (κ1) is 7.86. The molecule has 0 saturated carbocycles. The second kappa shape index (κ2) is 2.94. The molecule has 0 bridgehead atoms. The quantitative estimate of drug-likeness (QED) is 0.716. The fourth-order valence-corrected chi connectivity index (χ4v) is 2.45. The van der Waals surface area contributed by atoms with Gasteiger partial charge in [0.2, 0.25) is 0 Å². The second-order valence-electron chi connectivity index (χ2n) is 3.05. The highest BCUT2D eigenvalue weighted by atomic mass is 32.1. The number of aromatic nitrogens is 1. The van der Waals surface area contributed by atoms with Gasteiger partial charge in [-0.15, -0.1) is 0 Å². The summed E-state index contributed by atoms with van der Waals surface area (Å²) in [5.74, 6) is 0. The van der Waals surface area contributed by atoms with Crippen molar-refractivity contribution in [2.75, 3.05) is 30.9 Å².